The van der Waals surface area contributed by atoms with Gasteiger partial charge in [-0.3, -0.25) is 4.79 Å². The van der Waals surface area contributed by atoms with Crippen LogP contribution in [-0.4, -0.2) is 46.6 Å². The van der Waals surface area contributed by atoms with Crippen LogP contribution in [0.2, 0.25) is 5.02 Å². The predicted octanol–water partition coefficient (Wildman–Crippen LogP) is 3.70. The van der Waals surface area contributed by atoms with E-state index < -0.39 is 0 Å². The number of aryl methyl sites for hydroxylation is 1. The molecule has 6 nitrogen and oxygen atoms in total. The zero-order chi connectivity index (χ0) is 19.3. The number of hydrogen-bond acceptors (Lipinski definition) is 5. The van der Waals surface area contributed by atoms with Gasteiger partial charge in [-0.1, -0.05) is 23.2 Å². The molecule has 28 heavy (non-hydrogen) atoms. The van der Waals surface area contributed by atoms with E-state index in [9.17, 15) is 4.79 Å². The van der Waals surface area contributed by atoms with Crippen molar-refractivity contribution in [1.29, 1.82) is 0 Å². The topological polar surface area (TPSA) is 71.3 Å². The summed E-state index contributed by atoms with van der Waals surface area (Å²) in [5.41, 5.74) is 0.846. The highest BCUT2D eigenvalue weighted by Gasteiger charge is 2.32. The molecule has 0 spiro atoms. The van der Waals surface area contributed by atoms with E-state index in [0.717, 1.165) is 12.1 Å². The molecular formula is C21H27ClN4O2. The van der Waals surface area contributed by atoms with E-state index >= 15 is 0 Å². The zero-order valence-electron chi connectivity index (χ0n) is 16.1. The summed E-state index contributed by atoms with van der Waals surface area (Å²) in [6, 6.07) is 7.93. The summed E-state index contributed by atoms with van der Waals surface area (Å²) in [7, 11) is 0. The average molecular weight is 403 g/mol. The SMILES string of the molecule is O=C(CCc1nc(-c2ccc(Cl)cc2)no1)NCC1CCCN2CCCCC12. The number of halogens is 1. The summed E-state index contributed by atoms with van der Waals surface area (Å²) in [5.74, 6) is 1.64. The van der Waals surface area contributed by atoms with Crippen LogP contribution in [0, 0.1) is 5.92 Å². The molecule has 1 N–H and O–H groups in total. The van der Waals surface area contributed by atoms with Crippen molar-refractivity contribution in [2.75, 3.05) is 19.6 Å². The Balaban J connectivity index is 1.24. The largest absolute Gasteiger partial charge is 0.356 e. The molecule has 0 bridgehead atoms. The van der Waals surface area contributed by atoms with Crippen LogP contribution in [0.3, 0.4) is 0 Å². The molecule has 2 atom stereocenters. The summed E-state index contributed by atoms with van der Waals surface area (Å²) < 4.78 is 5.28. The lowest BCUT2D eigenvalue weighted by molar-refractivity contribution is -0.121. The minimum atomic E-state index is 0.0548. The standard InChI is InChI=1S/C21H27ClN4O2/c22-17-8-6-15(7-9-17)21-24-20(28-25-21)11-10-19(27)23-14-16-4-3-13-26-12-2-1-5-18(16)26/h6-9,16,18H,1-5,10-14H2,(H,23,27). The Hall–Kier alpha value is -1.92. The Labute approximate surface area is 170 Å². The molecule has 1 aromatic heterocycles. The minimum Gasteiger partial charge on any atom is -0.356 e. The van der Waals surface area contributed by atoms with Crippen molar-refractivity contribution in [3.63, 3.8) is 0 Å². The maximum Gasteiger partial charge on any atom is 0.227 e. The van der Waals surface area contributed by atoms with Gasteiger partial charge in [-0.2, -0.15) is 4.98 Å². The summed E-state index contributed by atoms with van der Waals surface area (Å²) in [6.07, 6.45) is 7.19. The number of hydrogen-bond donors (Lipinski definition) is 1. The maximum absolute atomic E-state index is 12.3. The van der Waals surface area contributed by atoms with Crippen molar-refractivity contribution in [1.82, 2.24) is 20.4 Å². The normalized spacial score (nSPS) is 22.6. The zero-order valence-corrected chi connectivity index (χ0v) is 16.8. The fourth-order valence-electron chi connectivity index (χ4n) is 4.44. The second kappa shape index (κ2) is 9.05. The van der Waals surface area contributed by atoms with Gasteiger partial charge in [0.25, 0.3) is 0 Å². The number of benzene rings is 1. The van der Waals surface area contributed by atoms with Gasteiger partial charge in [0.05, 0.1) is 0 Å². The van der Waals surface area contributed by atoms with Crippen LogP contribution < -0.4 is 5.32 Å². The second-order valence-electron chi connectivity index (χ2n) is 7.82. The summed E-state index contributed by atoms with van der Waals surface area (Å²) in [6.45, 7) is 3.23. The van der Waals surface area contributed by atoms with Crippen molar-refractivity contribution in [3.05, 3.63) is 35.2 Å². The van der Waals surface area contributed by atoms with Crippen molar-refractivity contribution in [2.24, 2.45) is 5.92 Å². The fraction of sp³-hybridized carbons (Fsp3) is 0.571. The number of fused-ring (bicyclic) bond motifs is 1. The van der Waals surface area contributed by atoms with Gasteiger partial charge in [0, 0.05) is 36.0 Å². The molecular weight excluding hydrogens is 376 g/mol. The van der Waals surface area contributed by atoms with E-state index in [1.807, 2.05) is 12.1 Å². The van der Waals surface area contributed by atoms with E-state index in [1.54, 1.807) is 12.1 Å². The van der Waals surface area contributed by atoms with Gasteiger partial charge >= 0.3 is 0 Å². The Morgan fingerprint density at radius 1 is 1.18 bits per heavy atom. The van der Waals surface area contributed by atoms with Crippen molar-refractivity contribution in [2.45, 2.75) is 51.0 Å². The summed E-state index contributed by atoms with van der Waals surface area (Å²) in [5, 5.41) is 7.79. The molecule has 2 fully saturated rings. The van der Waals surface area contributed by atoms with Crippen LogP contribution in [0.15, 0.2) is 28.8 Å². The molecule has 1 aromatic carbocycles. The second-order valence-corrected chi connectivity index (χ2v) is 8.26. The van der Waals surface area contributed by atoms with Gasteiger partial charge in [-0.25, -0.2) is 0 Å². The first-order valence-corrected chi connectivity index (χ1v) is 10.7. The Kier molecular flexibility index (Phi) is 6.27. The first kappa shape index (κ1) is 19.4. The third-order valence-electron chi connectivity index (χ3n) is 5.93. The predicted molar refractivity (Wildman–Crippen MR) is 108 cm³/mol. The number of piperidine rings is 2. The molecule has 0 saturated carbocycles. The highest BCUT2D eigenvalue weighted by Crippen LogP contribution is 2.30. The van der Waals surface area contributed by atoms with Gasteiger partial charge in [0.1, 0.15) is 0 Å². The lowest BCUT2D eigenvalue weighted by Gasteiger charge is -2.44. The number of nitrogens with one attached hydrogen (secondary N) is 1. The lowest BCUT2D eigenvalue weighted by Crippen LogP contribution is -2.51. The average Bonchev–Trinajstić information content (AvgIpc) is 3.20. The van der Waals surface area contributed by atoms with E-state index in [4.69, 9.17) is 16.1 Å². The Morgan fingerprint density at radius 2 is 2.00 bits per heavy atom. The smallest absolute Gasteiger partial charge is 0.227 e. The molecule has 4 rings (SSSR count). The highest BCUT2D eigenvalue weighted by atomic mass is 35.5. The third-order valence-corrected chi connectivity index (χ3v) is 6.18. The minimum absolute atomic E-state index is 0.0548. The lowest BCUT2D eigenvalue weighted by atomic mass is 9.83. The quantitative estimate of drug-likeness (QED) is 0.797. The van der Waals surface area contributed by atoms with Crippen molar-refractivity contribution >= 4 is 17.5 Å². The van der Waals surface area contributed by atoms with Gasteiger partial charge in [0.15, 0.2) is 0 Å². The summed E-state index contributed by atoms with van der Waals surface area (Å²) >= 11 is 5.90. The molecule has 0 aliphatic carbocycles. The molecule has 7 heteroatoms. The van der Waals surface area contributed by atoms with E-state index in [-0.39, 0.29) is 5.91 Å². The van der Waals surface area contributed by atoms with E-state index in [1.165, 1.54) is 45.2 Å². The first-order chi connectivity index (χ1) is 13.7. The van der Waals surface area contributed by atoms with Crippen molar-refractivity contribution in [3.8, 4) is 11.4 Å². The number of rotatable bonds is 6. The van der Waals surface area contributed by atoms with Crippen LogP contribution in [-0.2, 0) is 11.2 Å². The van der Waals surface area contributed by atoms with Gasteiger partial charge in [0.2, 0.25) is 17.6 Å². The molecule has 2 aromatic rings. The molecule has 2 aliphatic rings. The maximum atomic E-state index is 12.3. The van der Waals surface area contributed by atoms with Crippen LogP contribution >= 0.6 is 11.6 Å². The monoisotopic (exact) mass is 402 g/mol. The number of amides is 1. The molecule has 2 aliphatic heterocycles. The van der Waals surface area contributed by atoms with E-state index in [2.05, 4.69) is 20.4 Å². The molecule has 2 unspecified atom stereocenters. The number of nitrogens with zero attached hydrogens (tertiary/aromatic N) is 3. The number of carbonyl (C=O) groups excluding carboxylic acids is 1. The van der Waals surface area contributed by atoms with Crippen LogP contribution in [0.1, 0.15) is 44.4 Å². The fourth-order valence-corrected chi connectivity index (χ4v) is 4.57. The third kappa shape index (κ3) is 4.73. The number of aromatic nitrogens is 2. The van der Waals surface area contributed by atoms with E-state index in [0.29, 0.717) is 41.5 Å². The van der Waals surface area contributed by atoms with Gasteiger partial charge in [-0.15, -0.1) is 0 Å². The number of carbonyl (C=O) groups is 1. The summed E-state index contributed by atoms with van der Waals surface area (Å²) in [4.78, 5) is 19.3. The molecule has 0 radical (unpaired) electrons. The Morgan fingerprint density at radius 3 is 2.86 bits per heavy atom. The molecule has 2 saturated heterocycles. The van der Waals surface area contributed by atoms with Crippen molar-refractivity contribution < 1.29 is 9.32 Å². The van der Waals surface area contributed by atoms with Gasteiger partial charge < -0.3 is 14.7 Å². The molecule has 150 valence electrons. The van der Waals surface area contributed by atoms with Crippen LogP contribution in [0.4, 0.5) is 0 Å². The van der Waals surface area contributed by atoms with Gasteiger partial charge in [-0.05, 0) is 69.0 Å². The Bertz CT molecular complexity index is 790. The molecule has 1 amide bonds. The first-order valence-electron chi connectivity index (χ1n) is 10.3. The molecule has 3 heterocycles. The van der Waals surface area contributed by atoms with Crippen LogP contribution in [0.25, 0.3) is 11.4 Å². The van der Waals surface area contributed by atoms with Crippen LogP contribution in [0.5, 0.6) is 0 Å². The highest BCUT2D eigenvalue weighted by molar-refractivity contribution is 6.30.